The number of aryl methyl sites for hydroxylation is 1. The number of anilines is 2. The van der Waals surface area contributed by atoms with Gasteiger partial charge in [0.1, 0.15) is 12.1 Å². The van der Waals surface area contributed by atoms with Gasteiger partial charge in [0.05, 0.1) is 11.4 Å². The molecule has 2 aromatic rings. The fourth-order valence-electron chi connectivity index (χ4n) is 4.26. The largest absolute Gasteiger partial charge is 0.327 e. The van der Waals surface area contributed by atoms with Gasteiger partial charge in [0.2, 0.25) is 0 Å². The Balaban J connectivity index is 1.62. The van der Waals surface area contributed by atoms with E-state index in [0.717, 1.165) is 29.9 Å². The summed E-state index contributed by atoms with van der Waals surface area (Å²) in [6, 6.07) is 8.79. The van der Waals surface area contributed by atoms with Crippen LogP contribution in [0.5, 0.6) is 0 Å². The number of hydrogen-bond acceptors (Lipinski definition) is 5. The Morgan fingerprint density at radius 3 is 2.48 bits per heavy atom. The predicted molar refractivity (Wildman–Crippen MR) is 111 cm³/mol. The van der Waals surface area contributed by atoms with Gasteiger partial charge in [-0.1, -0.05) is 37.5 Å². The van der Waals surface area contributed by atoms with Gasteiger partial charge in [-0.05, 0) is 31.9 Å². The second-order valence-corrected chi connectivity index (χ2v) is 8.50. The zero-order valence-electron chi connectivity index (χ0n) is 16.6. The molecule has 4 amide bonds. The third-order valence-corrected chi connectivity index (χ3v) is 6.78. The van der Waals surface area contributed by atoms with Crippen LogP contribution in [0.1, 0.15) is 37.8 Å². The Morgan fingerprint density at radius 1 is 1.17 bits per heavy atom. The Morgan fingerprint density at radius 2 is 1.86 bits per heavy atom. The zero-order chi connectivity index (χ0) is 20.6. The molecular weight excluding hydrogens is 388 g/mol. The maximum Gasteiger partial charge on any atom is 0.327 e. The number of carbonyl (C=O) groups is 3. The molecule has 8 heteroatoms. The minimum absolute atomic E-state index is 0.249. The van der Waals surface area contributed by atoms with Gasteiger partial charge >= 0.3 is 6.03 Å². The molecule has 1 aliphatic carbocycles. The molecule has 1 saturated carbocycles. The molecule has 4 rings (SSSR count). The van der Waals surface area contributed by atoms with E-state index in [0.29, 0.717) is 23.7 Å². The van der Waals surface area contributed by atoms with Gasteiger partial charge in [0.15, 0.2) is 5.13 Å². The predicted octanol–water partition coefficient (Wildman–Crippen LogP) is 3.71. The summed E-state index contributed by atoms with van der Waals surface area (Å²) in [5.74, 6) is -0.602. The van der Waals surface area contributed by atoms with E-state index >= 15 is 0 Å². The molecule has 0 bridgehead atoms. The lowest BCUT2D eigenvalue weighted by Crippen LogP contribution is -2.49. The molecule has 1 aromatic heterocycles. The molecule has 7 nitrogen and oxygen atoms in total. The highest BCUT2D eigenvalue weighted by Gasteiger charge is 2.56. The highest BCUT2D eigenvalue weighted by Crippen LogP contribution is 2.39. The van der Waals surface area contributed by atoms with Crippen molar-refractivity contribution in [1.82, 2.24) is 14.8 Å². The van der Waals surface area contributed by atoms with Crippen LogP contribution in [0, 0.1) is 6.92 Å². The molecule has 29 heavy (non-hydrogen) atoms. The first-order chi connectivity index (χ1) is 13.9. The SMILES string of the molecule is Cc1csc(N(C(=O)CN2C(=O)N(C)C3(CCCCC3)C2=O)c2ccccc2)n1. The van der Waals surface area contributed by atoms with Gasteiger partial charge in [0.25, 0.3) is 11.8 Å². The summed E-state index contributed by atoms with van der Waals surface area (Å²) in [7, 11) is 1.68. The number of aromatic nitrogens is 1. The van der Waals surface area contributed by atoms with Gasteiger partial charge in [-0.3, -0.25) is 19.4 Å². The summed E-state index contributed by atoms with van der Waals surface area (Å²) >= 11 is 1.36. The van der Waals surface area contributed by atoms with E-state index in [2.05, 4.69) is 4.98 Å². The molecule has 0 radical (unpaired) electrons. The molecule has 152 valence electrons. The summed E-state index contributed by atoms with van der Waals surface area (Å²) in [5.41, 5.74) is 0.685. The van der Waals surface area contributed by atoms with Gasteiger partial charge in [0, 0.05) is 12.4 Å². The van der Waals surface area contributed by atoms with E-state index < -0.39 is 11.6 Å². The van der Waals surface area contributed by atoms with Crippen molar-refractivity contribution in [3.63, 3.8) is 0 Å². The molecule has 1 aromatic carbocycles. The third-order valence-electron chi connectivity index (χ3n) is 5.84. The second kappa shape index (κ2) is 7.59. The number of imide groups is 1. The van der Waals surface area contributed by atoms with Crippen LogP contribution in [0.3, 0.4) is 0 Å². The fraction of sp³-hybridized carbons (Fsp3) is 0.429. The van der Waals surface area contributed by atoms with Crippen molar-refractivity contribution in [2.75, 3.05) is 18.5 Å². The lowest BCUT2D eigenvalue weighted by atomic mass is 9.81. The first-order valence-corrected chi connectivity index (χ1v) is 10.7. The highest BCUT2D eigenvalue weighted by molar-refractivity contribution is 7.14. The molecule has 1 saturated heterocycles. The van der Waals surface area contributed by atoms with E-state index in [1.54, 1.807) is 11.9 Å². The van der Waals surface area contributed by atoms with Crippen LogP contribution < -0.4 is 4.90 Å². The smallest absolute Gasteiger partial charge is 0.313 e. The maximum absolute atomic E-state index is 13.3. The van der Waals surface area contributed by atoms with E-state index in [1.807, 2.05) is 42.6 Å². The average molecular weight is 413 g/mol. The average Bonchev–Trinajstić information content (AvgIpc) is 3.22. The van der Waals surface area contributed by atoms with Gasteiger partial charge in [-0.25, -0.2) is 9.78 Å². The first kappa shape index (κ1) is 19.6. The number of rotatable bonds is 4. The topological polar surface area (TPSA) is 73.8 Å². The Kier molecular flexibility index (Phi) is 5.12. The summed E-state index contributed by atoms with van der Waals surface area (Å²) < 4.78 is 0. The molecule has 0 atom stereocenters. The zero-order valence-corrected chi connectivity index (χ0v) is 17.4. The van der Waals surface area contributed by atoms with Crippen LogP contribution in [0.4, 0.5) is 15.6 Å². The van der Waals surface area contributed by atoms with Crippen molar-refractivity contribution in [1.29, 1.82) is 0 Å². The Hall–Kier alpha value is -2.74. The second-order valence-electron chi connectivity index (χ2n) is 7.66. The van der Waals surface area contributed by atoms with Crippen LogP contribution in [-0.4, -0.2) is 51.8 Å². The monoisotopic (exact) mass is 412 g/mol. The molecular formula is C21H24N4O3S. The van der Waals surface area contributed by atoms with E-state index in [1.165, 1.54) is 16.2 Å². The Labute approximate surface area is 173 Å². The van der Waals surface area contributed by atoms with E-state index in [9.17, 15) is 14.4 Å². The maximum atomic E-state index is 13.3. The fourth-order valence-corrected chi connectivity index (χ4v) is 5.10. The standard InChI is InChI=1S/C21H24N4O3S/c1-15-14-29-19(22-15)25(16-9-5-3-6-10-16)17(26)13-24-18(27)21(23(2)20(24)28)11-7-4-8-12-21/h3,5-6,9-10,14H,4,7-8,11-13H2,1-2H3. The number of para-hydroxylation sites is 1. The van der Waals surface area contributed by atoms with Crippen molar-refractivity contribution >= 4 is 40.0 Å². The van der Waals surface area contributed by atoms with Crippen LogP contribution >= 0.6 is 11.3 Å². The number of hydrogen-bond donors (Lipinski definition) is 0. The number of urea groups is 1. The number of benzene rings is 1. The molecule has 1 spiro atoms. The van der Waals surface area contributed by atoms with Crippen LogP contribution in [0.2, 0.25) is 0 Å². The molecule has 1 aliphatic heterocycles. The number of carbonyl (C=O) groups excluding carboxylic acids is 3. The van der Waals surface area contributed by atoms with Crippen molar-refractivity contribution < 1.29 is 14.4 Å². The van der Waals surface area contributed by atoms with Crippen molar-refractivity contribution in [2.45, 2.75) is 44.6 Å². The molecule has 2 fully saturated rings. The highest BCUT2D eigenvalue weighted by atomic mass is 32.1. The summed E-state index contributed by atoms with van der Waals surface area (Å²) in [6.45, 7) is 1.57. The molecule has 0 N–H and O–H groups in total. The van der Waals surface area contributed by atoms with Crippen LogP contribution in [0.25, 0.3) is 0 Å². The number of nitrogens with zero attached hydrogens (tertiary/aromatic N) is 4. The van der Waals surface area contributed by atoms with Crippen LogP contribution in [-0.2, 0) is 9.59 Å². The van der Waals surface area contributed by atoms with Gasteiger partial charge < -0.3 is 4.90 Å². The summed E-state index contributed by atoms with van der Waals surface area (Å²) in [4.78, 5) is 48.0. The quantitative estimate of drug-likeness (QED) is 0.718. The normalized spacial score (nSPS) is 18.6. The van der Waals surface area contributed by atoms with Gasteiger partial charge in [-0.15, -0.1) is 11.3 Å². The summed E-state index contributed by atoms with van der Waals surface area (Å²) in [6.07, 6.45) is 4.22. The van der Waals surface area contributed by atoms with E-state index in [4.69, 9.17) is 0 Å². The minimum atomic E-state index is -0.787. The minimum Gasteiger partial charge on any atom is -0.313 e. The number of thiazole rings is 1. The van der Waals surface area contributed by atoms with Gasteiger partial charge in [-0.2, -0.15) is 0 Å². The molecule has 2 heterocycles. The van der Waals surface area contributed by atoms with Crippen LogP contribution in [0.15, 0.2) is 35.7 Å². The number of likely N-dealkylation sites (N-methyl/N-ethyl adjacent to an activating group) is 1. The lowest BCUT2D eigenvalue weighted by Gasteiger charge is -2.35. The lowest BCUT2D eigenvalue weighted by molar-refractivity contribution is -0.136. The summed E-state index contributed by atoms with van der Waals surface area (Å²) in [5, 5.41) is 2.40. The first-order valence-electron chi connectivity index (χ1n) is 9.84. The molecule has 0 unspecified atom stereocenters. The van der Waals surface area contributed by atoms with E-state index in [-0.39, 0.29) is 18.4 Å². The molecule has 2 aliphatic rings. The Bertz CT molecular complexity index is 936. The van der Waals surface area contributed by atoms with Crippen molar-refractivity contribution in [2.24, 2.45) is 0 Å². The number of amides is 4. The van der Waals surface area contributed by atoms with Crippen molar-refractivity contribution in [3.05, 3.63) is 41.4 Å². The van der Waals surface area contributed by atoms with Crippen molar-refractivity contribution in [3.8, 4) is 0 Å². The third kappa shape index (κ3) is 3.31.